The van der Waals surface area contributed by atoms with E-state index in [1.165, 1.54) is 30.1 Å². The first-order valence-corrected chi connectivity index (χ1v) is 8.89. The highest BCUT2D eigenvalue weighted by Gasteiger charge is 2.15. The van der Waals surface area contributed by atoms with Crippen LogP contribution in [0.25, 0.3) is 11.2 Å². The molecule has 1 amide bonds. The van der Waals surface area contributed by atoms with E-state index in [0.29, 0.717) is 37.1 Å². The number of aryl methyl sites for hydroxylation is 2. The number of fused-ring (bicyclic) bond motifs is 1. The van der Waals surface area contributed by atoms with Gasteiger partial charge in [-0.25, -0.2) is 14.2 Å². The Kier molecular flexibility index (Phi) is 5.43. The zero-order valence-electron chi connectivity index (χ0n) is 16.1. The summed E-state index contributed by atoms with van der Waals surface area (Å²) in [6.45, 7) is 0.829. The maximum Gasteiger partial charge on any atom is 0.332 e. The monoisotopic (exact) mass is 387 g/mol. The molecule has 0 saturated heterocycles. The summed E-state index contributed by atoms with van der Waals surface area (Å²) < 4.78 is 17.0. The summed E-state index contributed by atoms with van der Waals surface area (Å²) in [6.07, 6.45) is 2.33. The maximum absolute atomic E-state index is 13.0. The molecule has 0 unspecified atom stereocenters. The van der Waals surface area contributed by atoms with Crippen molar-refractivity contribution in [2.24, 2.45) is 14.1 Å². The SMILES string of the molecule is CN(Cc1ccc(F)cc1)C(=O)CCCn1cnc2c1c(=O)n(C)c(=O)n2C. The minimum atomic E-state index is -0.430. The van der Waals surface area contributed by atoms with E-state index in [0.717, 1.165) is 10.1 Å². The van der Waals surface area contributed by atoms with Crippen molar-refractivity contribution < 1.29 is 9.18 Å². The van der Waals surface area contributed by atoms with Crippen LogP contribution in [-0.4, -0.2) is 36.5 Å². The Bertz CT molecular complexity index is 1130. The summed E-state index contributed by atoms with van der Waals surface area (Å²) in [6, 6.07) is 6.03. The van der Waals surface area contributed by atoms with Crippen molar-refractivity contribution in [2.45, 2.75) is 25.9 Å². The maximum atomic E-state index is 13.0. The zero-order valence-corrected chi connectivity index (χ0v) is 16.1. The Morgan fingerprint density at radius 1 is 1.14 bits per heavy atom. The van der Waals surface area contributed by atoms with Gasteiger partial charge < -0.3 is 9.47 Å². The molecule has 28 heavy (non-hydrogen) atoms. The number of hydrogen-bond acceptors (Lipinski definition) is 4. The number of carbonyl (C=O) groups excluding carboxylic acids is 1. The van der Waals surface area contributed by atoms with Crippen molar-refractivity contribution in [3.8, 4) is 0 Å². The van der Waals surface area contributed by atoms with Crippen LogP contribution < -0.4 is 11.2 Å². The van der Waals surface area contributed by atoms with E-state index in [4.69, 9.17) is 0 Å². The molecule has 0 aliphatic carbocycles. The highest BCUT2D eigenvalue weighted by Crippen LogP contribution is 2.10. The van der Waals surface area contributed by atoms with E-state index in [-0.39, 0.29) is 11.7 Å². The van der Waals surface area contributed by atoms with Gasteiger partial charge in [0.15, 0.2) is 11.2 Å². The van der Waals surface area contributed by atoms with Crippen LogP contribution in [0.1, 0.15) is 18.4 Å². The van der Waals surface area contributed by atoms with Gasteiger partial charge in [0.25, 0.3) is 5.56 Å². The molecule has 3 rings (SSSR count). The molecule has 0 N–H and O–H groups in total. The first-order chi connectivity index (χ1) is 13.3. The van der Waals surface area contributed by atoms with Crippen LogP contribution in [0.4, 0.5) is 4.39 Å². The molecule has 8 nitrogen and oxygen atoms in total. The third-order valence-corrected chi connectivity index (χ3v) is 4.77. The first-order valence-electron chi connectivity index (χ1n) is 8.89. The third-order valence-electron chi connectivity index (χ3n) is 4.77. The summed E-state index contributed by atoms with van der Waals surface area (Å²) in [4.78, 5) is 42.5. The summed E-state index contributed by atoms with van der Waals surface area (Å²) >= 11 is 0. The van der Waals surface area contributed by atoms with Crippen LogP contribution in [0.3, 0.4) is 0 Å². The van der Waals surface area contributed by atoms with Crippen LogP contribution in [0.15, 0.2) is 40.2 Å². The lowest BCUT2D eigenvalue weighted by Crippen LogP contribution is -2.37. The smallest absolute Gasteiger partial charge is 0.332 e. The van der Waals surface area contributed by atoms with Crippen molar-refractivity contribution in [1.29, 1.82) is 0 Å². The molecule has 2 aromatic heterocycles. The fourth-order valence-corrected chi connectivity index (χ4v) is 3.11. The second-order valence-corrected chi connectivity index (χ2v) is 6.80. The lowest BCUT2D eigenvalue weighted by atomic mass is 10.2. The standard InChI is InChI=1S/C19H22FN5O3/c1-22(11-13-6-8-14(20)9-7-13)15(26)5-4-10-25-12-21-17-16(25)18(27)24(3)19(28)23(17)2/h6-9,12H,4-5,10-11H2,1-3H3. The number of amides is 1. The van der Waals surface area contributed by atoms with E-state index in [9.17, 15) is 18.8 Å². The van der Waals surface area contributed by atoms with Crippen molar-refractivity contribution in [2.75, 3.05) is 7.05 Å². The Hall–Kier alpha value is -3.23. The van der Waals surface area contributed by atoms with Gasteiger partial charge in [0, 0.05) is 40.7 Å². The van der Waals surface area contributed by atoms with Crippen LogP contribution in [-0.2, 0) is 32.0 Å². The lowest BCUT2D eigenvalue weighted by molar-refractivity contribution is -0.130. The topological polar surface area (TPSA) is 82.1 Å². The predicted octanol–water partition coefficient (Wildman–Crippen LogP) is 1.01. The number of hydrogen-bond donors (Lipinski definition) is 0. The summed E-state index contributed by atoms with van der Waals surface area (Å²) in [5.74, 6) is -0.358. The minimum Gasteiger partial charge on any atom is -0.341 e. The summed E-state index contributed by atoms with van der Waals surface area (Å²) in [7, 11) is 4.69. The van der Waals surface area contributed by atoms with E-state index >= 15 is 0 Å². The Balaban J connectivity index is 1.65. The van der Waals surface area contributed by atoms with Crippen LogP contribution >= 0.6 is 0 Å². The number of imidazole rings is 1. The second kappa shape index (κ2) is 7.79. The van der Waals surface area contributed by atoms with Crippen LogP contribution in [0.5, 0.6) is 0 Å². The molecule has 0 spiro atoms. The molecule has 0 radical (unpaired) electrons. The van der Waals surface area contributed by atoms with Gasteiger partial charge in [0.2, 0.25) is 5.91 Å². The average Bonchev–Trinajstić information content (AvgIpc) is 3.10. The highest BCUT2D eigenvalue weighted by molar-refractivity contribution is 5.76. The molecule has 0 atom stereocenters. The van der Waals surface area contributed by atoms with E-state index < -0.39 is 11.2 Å². The molecular formula is C19H22FN5O3. The predicted molar refractivity (Wildman–Crippen MR) is 102 cm³/mol. The normalized spacial score (nSPS) is 11.1. The third kappa shape index (κ3) is 3.73. The van der Waals surface area contributed by atoms with Gasteiger partial charge in [-0.1, -0.05) is 12.1 Å². The van der Waals surface area contributed by atoms with Gasteiger partial charge in [-0.2, -0.15) is 0 Å². The number of nitrogens with zero attached hydrogens (tertiary/aromatic N) is 5. The van der Waals surface area contributed by atoms with Gasteiger partial charge in [-0.05, 0) is 24.1 Å². The molecule has 0 aliphatic rings. The van der Waals surface area contributed by atoms with Crippen molar-refractivity contribution in [3.63, 3.8) is 0 Å². The molecule has 0 bridgehead atoms. The number of aromatic nitrogens is 4. The largest absolute Gasteiger partial charge is 0.341 e. The molecule has 3 aromatic rings. The van der Waals surface area contributed by atoms with E-state index in [2.05, 4.69) is 4.98 Å². The van der Waals surface area contributed by atoms with Gasteiger partial charge in [-0.3, -0.25) is 18.7 Å². The Morgan fingerprint density at radius 3 is 2.50 bits per heavy atom. The molecule has 0 aliphatic heterocycles. The Labute approximate surface area is 160 Å². The average molecular weight is 387 g/mol. The summed E-state index contributed by atoms with van der Waals surface area (Å²) in [5.41, 5.74) is 0.683. The molecule has 9 heteroatoms. The van der Waals surface area contributed by atoms with Crippen LogP contribution in [0.2, 0.25) is 0 Å². The van der Waals surface area contributed by atoms with Gasteiger partial charge in [0.1, 0.15) is 5.82 Å². The fourth-order valence-electron chi connectivity index (χ4n) is 3.11. The minimum absolute atomic E-state index is 0.0472. The molecule has 1 aromatic carbocycles. The quantitative estimate of drug-likeness (QED) is 0.632. The Morgan fingerprint density at radius 2 is 1.82 bits per heavy atom. The molecule has 148 valence electrons. The molecule has 0 saturated carbocycles. The summed E-state index contributed by atoms with van der Waals surface area (Å²) in [5, 5.41) is 0. The molecule has 0 fully saturated rings. The highest BCUT2D eigenvalue weighted by atomic mass is 19.1. The fraction of sp³-hybridized carbons (Fsp3) is 0.368. The number of carbonyl (C=O) groups is 1. The van der Waals surface area contributed by atoms with Crippen molar-refractivity contribution >= 4 is 17.1 Å². The molecular weight excluding hydrogens is 365 g/mol. The van der Waals surface area contributed by atoms with Gasteiger partial charge >= 0.3 is 5.69 Å². The van der Waals surface area contributed by atoms with Gasteiger partial charge in [0.05, 0.1) is 6.33 Å². The van der Waals surface area contributed by atoms with Gasteiger partial charge in [-0.15, -0.1) is 0 Å². The van der Waals surface area contributed by atoms with E-state index in [1.54, 1.807) is 35.7 Å². The second-order valence-electron chi connectivity index (χ2n) is 6.80. The number of halogens is 1. The van der Waals surface area contributed by atoms with Crippen LogP contribution in [0, 0.1) is 5.82 Å². The number of benzene rings is 1. The van der Waals surface area contributed by atoms with Crippen molar-refractivity contribution in [3.05, 3.63) is 62.8 Å². The first kappa shape index (κ1) is 19.5. The molecule has 2 heterocycles. The lowest BCUT2D eigenvalue weighted by Gasteiger charge is -2.17. The number of rotatable bonds is 6. The van der Waals surface area contributed by atoms with E-state index in [1.807, 2.05) is 0 Å². The zero-order chi connectivity index (χ0) is 20.4. The van der Waals surface area contributed by atoms with Crippen molar-refractivity contribution in [1.82, 2.24) is 23.6 Å².